The number of para-hydroxylation sites is 1. The van der Waals surface area contributed by atoms with Crippen molar-refractivity contribution in [2.75, 3.05) is 26.2 Å². The van der Waals surface area contributed by atoms with E-state index in [0.29, 0.717) is 5.89 Å². The molecular formula is C19H21N5OS2+2. The summed E-state index contributed by atoms with van der Waals surface area (Å²) in [6, 6.07) is 12.4. The number of nitrogens with zero attached hydrogens (tertiary/aromatic N) is 3. The number of hydrogen-bond acceptors (Lipinski definition) is 6. The predicted octanol–water partition coefficient (Wildman–Crippen LogP) is 0.891. The molecule has 0 spiro atoms. The second-order valence-electron chi connectivity index (χ2n) is 6.91. The van der Waals surface area contributed by atoms with Gasteiger partial charge in [0.25, 0.3) is 11.8 Å². The highest BCUT2D eigenvalue weighted by molar-refractivity contribution is 7.18. The number of fused-ring (bicyclic) bond motifs is 1. The topological polar surface area (TPSA) is 60.7 Å². The minimum absolute atomic E-state index is 0.638. The van der Waals surface area contributed by atoms with Crippen LogP contribution in [0.4, 0.5) is 0 Å². The summed E-state index contributed by atoms with van der Waals surface area (Å²) >= 11 is 3.45. The lowest BCUT2D eigenvalue weighted by molar-refractivity contribution is -1.02. The Hall–Kier alpha value is -2.13. The molecule has 0 unspecified atom stereocenters. The Kier molecular flexibility index (Phi) is 4.71. The lowest BCUT2D eigenvalue weighted by Gasteiger charge is -2.28. The Morgan fingerprint density at radius 3 is 2.52 bits per heavy atom. The smallest absolute Gasteiger partial charge is 0.271 e. The average Bonchev–Trinajstić information content (AvgIpc) is 3.43. The standard InChI is InChI=1S/C19H19N5OS2/c1-2-5-15-14(4-1)20-18(27-15)13-24-9-7-23(8-10-24)12-17-21-22-19(25-17)16-6-3-11-26-16/h1-6,11H,7-10,12-13H2/p+2. The number of piperazine rings is 1. The van der Waals surface area contributed by atoms with E-state index in [9.17, 15) is 0 Å². The molecule has 0 radical (unpaired) electrons. The van der Waals surface area contributed by atoms with Gasteiger partial charge in [0.2, 0.25) is 0 Å². The van der Waals surface area contributed by atoms with Crippen LogP contribution in [-0.4, -0.2) is 41.4 Å². The van der Waals surface area contributed by atoms with E-state index in [1.807, 2.05) is 28.8 Å². The Labute approximate surface area is 165 Å². The van der Waals surface area contributed by atoms with E-state index in [-0.39, 0.29) is 0 Å². The lowest BCUT2D eigenvalue weighted by Crippen LogP contribution is -3.27. The molecule has 1 aliphatic rings. The van der Waals surface area contributed by atoms with Crippen LogP contribution < -0.4 is 9.80 Å². The normalized spacial score (nSPS) is 20.3. The molecule has 8 heteroatoms. The number of aromatic nitrogens is 3. The Morgan fingerprint density at radius 1 is 0.926 bits per heavy atom. The number of benzene rings is 1. The van der Waals surface area contributed by atoms with Gasteiger partial charge in [-0.1, -0.05) is 18.2 Å². The maximum atomic E-state index is 5.84. The van der Waals surface area contributed by atoms with Crippen molar-refractivity contribution in [3.8, 4) is 10.8 Å². The van der Waals surface area contributed by atoms with Crippen molar-refractivity contribution in [1.82, 2.24) is 15.2 Å². The molecule has 0 atom stereocenters. The summed E-state index contributed by atoms with van der Waals surface area (Å²) in [5, 5.41) is 11.7. The lowest BCUT2D eigenvalue weighted by atomic mass is 10.3. The number of thiophene rings is 1. The van der Waals surface area contributed by atoms with Crippen LogP contribution in [0.2, 0.25) is 0 Å². The van der Waals surface area contributed by atoms with Crippen molar-refractivity contribution < 1.29 is 14.2 Å². The van der Waals surface area contributed by atoms with Gasteiger partial charge in [0.1, 0.15) is 37.7 Å². The highest BCUT2D eigenvalue weighted by Crippen LogP contribution is 2.22. The van der Waals surface area contributed by atoms with Crippen molar-refractivity contribution in [2.45, 2.75) is 13.1 Å². The molecule has 5 rings (SSSR count). The van der Waals surface area contributed by atoms with Gasteiger partial charge >= 0.3 is 0 Å². The van der Waals surface area contributed by atoms with Crippen molar-refractivity contribution >= 4 is 32.9 Å². The van der Waals surface area contributed by atoms with Crippen LogP contribution in [0.1, 0.15) is 10.9 Å². The van der Waals surface area contributed by atoms with Crippen LogP contribution in [0.15, 0.2) is 46.2 Å². The third-order valence-electron chi connectivity index (χ3n) is 5.00. The summed E-state index contributed by atoms with van der Waals surface area (Å²) in [5.74, 6) is 1.38. The van der Waals surface area contributed by atoms with Crippen LogP contribution >= 0.6 is 22.7 Å². The molecule has 4 heterocycles. The minimum Gasteiger partial charge on any atom is -0.414 e. The van der Waals surface area contributed by atoms with E-state index >= 15 is 0 Å². The molecule has 3 aromatic heterocycles. The summed E-state index contributed by atoms with van der Waals surface area (Å²) in [6.07, 6.45) is 0. The molecular weight excluding hydrogens is 378 g/mol. The fourth-order valence-electron chi connectivity index (χ4n) is 3.56. The molecule has 6 nitrogen and oxygen atoms in total. The third-order valence-corrected chi connectivity index (χ3v) is 6.90. The molecule has 27 heavy (non-hydrogen) atoms. The van der Waals surface area contributed by atoms with E-state index in [4.69, 9.17) is 9.40 Å². The van der Waals surface area contributed by atoms with Gasteiger partial charge in [-0.25, -0.2) is 4.98 Å². The fraction of sp³-hybridized carbons (Fsp3) is 0.316. The number of quaternary nitrogens is 2. The second kappa shape index (κ2) is 7.47. The van der Waals surface area contributed by atoms with Crippen molar-refractivity contribution in [2.24, 2.45) is 0 Å². The predicted molar refractivity (Wildman–Crippen MR) is 106 cm³/mol. The minimum atomic E-state index is 0.638. The molecule has 1 fully saturated rings. The third kappa shape index (κ3) is 3.79. The van der Waals surface area contributed by atoms with E-state index in [0.717, 1.165) is 55.6 Å². The van der Waals surface area contributed by atoms with Crippen molar-refractivity contribution in [1.29, 1.82) is 0 Å². The van der Waals surface area contributed by atoms with Gasteiger partial charge in [0.15, 0.2) is 6.54 Å². The number of thiazole rings is 1. The maximum absolute atomic E-state index is 5.84. The van der Waals surface area contributed by atoms with Crippen LogP contribution in [0, 0.1) is 0 Å². The molecule has 1 aromatic carbocycles. The molecule has 2 N–H and O–H groups in total. The number of rotatable bonds is 5. The molecule has 0 aliphatic carbocycles. The van der Waals surface area contributed by atoms with Crippen LogP contribution in [-0.2, 0) is 13.1 Å². The van der Waals surface area contributed by atoms with Crippen molar-refractivity contribution in [3.63, 3.8) is 0 Å². The summed E-state index contributed by atoms with van der Waals surface area (Å²) in [6.45, 7) is 6.38. The Morgan fingerprint density at radius 2 is 1.74 bits per heavy atom. The average molecular weight is 400 g/mol. The molecule has 4 aromatic rings. The van der Waals surface area contributed by atoms with Gasteiger partial charge in [-0.15, -0.1) is 32.9 Å². The molecule has 0 amide bonds. The Bertz CT molecular complexity index is 985. The molecule has 138 valence electrons. The Balaban J connectivity index is 1.16. The SMILES string of the molecule is c1csc(-c2nnc(C[NH+]3CC[NH+](Cc4nc5ccccc5s4)CC3)o2)c1. The first-order valence-electron chi connectivity index (χ1n) is 9.21. The van der Waals surface area contributed by atoms with Gasteiger partial charge in [-0.05, 0) is 23.6 Å². The zero-order valence-corrected chi connectivity index (χ0v) is 16.5. The highest BCUT2D eigenvalue weighted by Gasteiger charge is 2.26. The van der Waals surface area contributed by atoms with E-state index in [1.165, 1.54) is 14.6 Å². The fourth-order valence-corrected chi connectivity index (χ4v) is 5.24. The summed E-state index contributed by atoms with van der Waals surface area (Å²) in [5.41, 5.74) is 1.12. The largest absolute Gasteiger partial charge is 0.414 e. The zero-order chi connectivity index (χ0) is 18.1. The van der Waals surface area contributed by atoms with Crippen LogP contribution in [0.3, 0.4) is 0 Å². The number of hydrogen-bond donors (Lipinski definition) is 2. The highest BCUT2D eigenvalue weighted by atomic mass is 32.1. The summed E-state index contributed by atoms with van der Waals surface area (Å²) in [4.78, 5) is 8.95. The second-order valence-corrected chi connectivity index (χ2v) is 8.97. The summed E-state index contributed by atoms with van der Waals surface area (Å²) < 4.78 is 7.13. The van der Waals surface area contributed by atoms with Gasteiger partial charge in [0, 0.05) is 0 Å². The van der Waals surface area contributed by atoms with E-state index in [1.54, 1.807) is 16.2 Å². The first kappa shape index (κ1) is 17.0. The zero-order valence-electron chi connectivity index (χ0n) is 14.9. The molecule has 0 saturated carbocycles. The van der Waals surface area contributed by atoms with Gasteiger partial charge < -0.3 is 14.2 Å². The van der Waals surface area contributed by atoms with E-state index < -0.39 is 0 Å². The van der Waals surface area contributed by atoms with Crippen LogP contribution in [0.25, 0.3) is 21.0 Å². The monoisotopic (exact) mass is 399 g/mol. The quantitative estimate of drug-likeness (QED) is 0.523. The van der Waals surface area contributed by atoms with Gasteiger partial charge in [-0.3, -0.25) is 0 Å². The van der Waals surface area contributed by atoms with Gasteiger partial charge in [-0.2, -0.15) is 0 Å². The first-order chi connectivity index (χ1) is 13.3. The molecule has 1 saturated heterocycles. The molecule has 1 aliphatic heterocycles. The molecule has 0 bridgehead atoms. The van der Waals surface area contributed by atoms with E-state index in [2.05, 4.69) is 34.5 Å². The van der Waals surface area contributed by atoms with Crippen molar-refractivity contribution in [3.05, 3.63) is 52.7 Å². The van der Waals surface area contributed by atoms with Crippen LogP contribution in [0.5, 0.6) is 0 Å². The summed E-state index contributed by atoms with van der Waals surface area (Å²) in [7, 11) is 0. The number of nitrogens with one attached hydrogen (secondary N) is 2. The first-order valence-corrected chi connectivity index (χ1v) is 10.9. The van der Waals surface area contributed by atoms with Gasteiger partial charge in [0.05, 0.1) is 15.1 Å². The maximum Gasteiger partial charge on any atom is 0.271 e.